The molecule has 7 nitrogen and oxygen atoms in total. The lowest BCUT2D eigenvalue weighted by atomic mass is 9.96. The standard InChI is InChI=1S/C25H41N5O2/c1-4-26-24(28-23-12-16-30(17-13-23)25(31)32-5-2)27-18-21-10-14-29(15-11-21)19-22-8-6-20(3)7-9-22/h6-9,21,23H,4-5,10-19H2,1-3H3,(H2,26,27,28). The first kappa shape index (κ1) is 24.4. The monoisotopic (exact) mass is 443 g/mol. The maximum Gasteiger partial charge on any atom is 0.409 e. The van der Waals surface area contributed by atoms with E-state index in [1.165, 1.54) is 24.0 Å². The van der Waals surface area contributed by atoms with Crippen LogP contribution in [0.5, 0.6) is 0 Å². The van der Waals surface area contributed by atoms with E-state index < -0.39 is 0 Å². The largest absolute Gasteiger partial charge is 0.450 e. The second-order valence-electron chi connectivity index (χ2n) is 9.03. The molecular formula is C25H41N5O2. The lowest BCUT2D eigenvalue weighted by Gasteiger charge is -2.33. The van der Waals surface area contributed by atoms with Crippen molar-refractivity contribution in [3.63, 3.8) is 0 Å². The van der Waals surface area contributed by atoms with Gasteiger partial charge in [0.05, 0.1) is 6.61 Å². The summed E-state index contributed by atoms with van der Waals surface area (Å²) in [6.45, 7) is 13.0. The molecule has 2 heterocycles. The van der Waals surface area contributed by atoms with Crippen LogP contribution in [0.2, 0.25) is 0 Å². The number of hydrogen-bond acceptors (Lipinski definition) is 4. The van der Waals surface area contributed by atoms with Crippen molar-refractivity contribution in [1.29, 1.82) is 0 Å². The number of nitrogens with zero attached hydrogens (tertiary/aromatic N) is 3. The van der Waals surface area contributed by atoms with E-state index in [4.69, 9.17) is 9.73 Å². The number of rotatable bonds is 7. The maximum atomic E-state index is 11.9. The Balaban J connectivity index is 1.40. The van der Waals surface area contributed by atoms with E-state index in [0.717, 1.165) is 64.6 Å². The fourth-order valence-electron chi connectivity index (χ4n) is 4.43. The SMILES string of the molecule is CCNC(=NCC1CCN(Cc2ccc(C)cc2)CC1)NC1CCN(C(=O)OCC)CC1. The van der Waals surface area contributed by atoms with E-state index in [0.29, 0.717) is 18.6 Å². The molecule has 0 radical (unpaired) electrons. The lowest BCUT2D eigenvalue weighted by Crippen LogP contribution is -2.50. The molecule has 0 spiro atoms. The van der Waals surface area contributed by atoms with Gasteiger partial charge in [-0.2, -0.15) is 0 Å². The highest BCUT2D eigenvalue weighted by Crippen LogP contribution is 2.20. The third-order valence-corrected chi connectivity index (χ3v) is 6.45. The third kappa shape index (κ3) is 7.69. The number of hydrogen-bond donors (Lipinski definition) is 2. The molecule has 2 fully saturated rings. The van der Waals surface area contributed by atoms with Crippen LogP contribution >= 0.6 is 0 Å². The maximum absolute atomic E-state index is 11.9. The minimum atomic E-state index is -0.194. The van der Waals surface area contributed by atoms with Crippen LogP contribution in [-0.2, 0) is 11.3 Å². The van der Waals surface area contributed by atoms with Gasteiger partial charge in [-0.05, 0) is 71.0 Å². The average molecular weight is 444 g/mol. The Labute approximate surface area is 193 Å². The molecule has 3 rings (SSSR count). The number of nitrogens with one attached hydrogen (secondary N) is 2. The van der Waals surface area contributed by atoms with Gasteiger partial charge in [0, 0.05) is 38.8 Å². The van der Waals surface area contributed by atoms with Crippen molar-refractivity contribution in [2.24, 2.45) is 10.9 Å². The topological polar surface area (TPSA) is 69.2 Å². The summed E-state index contributed by atoms with van der Waals surface area (Å²) in [5, 5.41) is 6.98. The first-order valence-electron chi connectivity index (χ1n) is 12.3. The van der Waals surface area contributed by atoms with Crippen molar-refractivity contribution < 1.29 is 9.53 Å². The first-order valence-corrected chi connectivity index (χ1v) is 12.3. The number of guanidine groups is 1. The van der Waals surface area contributed by atoms with E-state index in [1.54, 1.807) is 4.90 Å². The highest BCUT2D eigenvalue weighted by atomic mass is 16.6. The number of ether oxygens (including phenoxy) is 1. The summed E-state index contributed by atoms with van der Waals surface area (Å²) in [7, 11) is 0. The van der Waals surface area contributed by atoms with Gasteiger partial charge in [-0.1, -0.05) is 29.8 Å². The second-order valence-corrected chi connectivity index (χ2v) is 9.03. The first-order chi connectivity index (χ1) is 15.6. The van der Waals surface area contributed by atoms with Gasteiger partial charge in [0.15, 0.2) is 5.96 Å². The summed E-state index contributed by atoms with van der Waals surface area (Å²) in [5.74, 6) is 1.55. The van der Waals surface area contributed by atoms with Crippen molar-refractivity contribution in [2.75, 3.05) is 45.9 Å². The van der Waals surface area contributed by atoms with Crippen molar-refractivity contribution in [3.05, 3.63) is 35.4 Å². The average Bonchev–Trinajstić information content (AvgIpc) is 2.81. The van der Waals surface area contributed by atoms with Crippen LogP contribution < -0.4 is 10.6 Å². The molecule has 2 N–H and O–H groups in total. The molecule has 1 aromatic rings. The molecule has 178 valence electrons. The summed E-state index contributed by atoms with van der Waals surface area (Å²) < 4.78 is 5.11. The summed E-state index contributed by atoms with van der Waals surface area (Å²) in [5.41, 5.74) is 2.72. The smallest absolute Gasteiger partial charge is 0.409 e. The second kappa shape index (κ2) is 12.7. The van der Waals surface area contributed by atoms with Gasteiger partial charge < -0.3 is 20.3 Å². The number of aliphatic imine (C=N–C) groups is 1. The van der Waals surface area contributed by atoms with Crippen LogP contribution in [0.15, 0.2) is 29.3 Å². The molecule has 0 saturated carbocycles. The molecule has 2 saturated heterocycles. The lowest BCUT2D eigenvalue weighted by molar-refractivity contribution is 0.0963. The Morgan fingerprint density at radius 2 is 1.75 bits per heavy atom. The quantitative estimate of drug-likeness (QED) is 0.499. The number of benzene rings is 1. The van der Waals surface area contributed by atoms with Crippen molar-refractivity contribution in [1.82, 2.24) is 20.4 Å². The predicted octanol–water partition coefficient (Wildman–Crippen LogP) is 3.38. The van der Waals surface area contributed by atoms with Crippen LogP contribution in [0, 0.1) is 12.8 Å². The van der Waals surface area contributed by atoms with Gasteiger partial charge in [-0.25, -0.2) is 4.79 Å². The van der Waals surface area contributed by atoms with Gasteiger partial charge >= 0.3 is 6.09 Å². The zero-order chi connectivity index (χ0) is 22.8. The Morgan fingerprint density at radius 3 is 2.38 bits per heavy atom. The Hall–Kier alpha value is -2.28. The number of likely N-dealkylation sites (tertiary alicyclic amines) is 2. The molecule has 1 amide bonds. The summed E-state index contributed by atoms with van der Waals surface area (Å²) in [6.07, 6.45) is 4.04. The van der Waals surface area contributed by atoms with Crippen LogP contribution in [0.1, 0.15) is 50.7 Å². The molecule has 1 aromatic carbocycles. The highest BCUT2D eigenvalue weighted by Gasteiger charge is 2.24. The Bertz CT molecular complexity index is 720. The fraction of sp³-hybridized carbons (Fsp3) is 0.680. The number of piperidine rings is 2. The van der Waals surface area contributed by atoms with Gasteiger partial charge in [0.2, 0.25) is 0 Å². The van der Waals surface area contributed by atoms with Crippen LogP contribution in [0.4, 0.5) is 4.79 Å². The number of aryl methyl sites for hydroxylation is 1. The Kier molecular flexibility index (Phi) is 9.65. The molecule has 32 heavy (non-hydrogen) atoms. The highest BCUT2D eigenvalue weighted by molar-refractivity contribution is 5.80. The van der Waals surface area contributed by atoms with E-state index in [-0.39, 0.29) is 6.09 Å². The number of amides is 1. The molecular weight excluding hydrogens is 402 g/mol. The van der Waals surface area contributed by atoms with Crippen LogP contribution in [0.25, 0.3) is 0 Å². The normalized spacial score (nSPS) is 19.1. The summed E-state index contributed by atoms with van der Waals surface area (Å²) in [4.78, 5) is 21.2. The summed E-state index contributed by atoms with van der Waals surface area (Å²) in [6, 6.07) is 9.24. The molecule has 7 heteroatoms. The van der Waals surface area contributed by atoms with Crippen LogP contribution in [0.3, 0.4) is 0 Å². The fourth-order valence-corrected chi connectivity index (χ4v) is 4.43. The zero-order valence-corrected chi connectivity index (χ0v) is 20.1. The third-order valence-electron chi connectivity index (χ3n) is 6.45. The van der Waals surface area contributed by atoms with Gasteiger partial charge in [-0.3, -0.25) is 9.89 Å². The molecule has 0 unspecified atom stereocenters. The van der Waals surface area contributed by atoms with E-state index in [1.807, 2.05) is 6.92 Å². The molecule has 0 aliphatic carbocycles. The molecule has 0 aromatic heterocycles. The van der Waals surface area contributed by atoms with E-state index >= 15 is 0 Å². The molecule has 0 atom stereocenters. The van der Waals surface area contributed by atoms with Gasteiger partial charge in [0.1, 0.15) is 0 Å². The number of carbonyl (C=O) groups excluding carboxylic acids is 1. The summed E-state index contributed by atoms with van der Waals surface area (Å²) >= 11 is 0. The zero-order valence-electron chi connectivity index (χ0n) is 20.1. The van der Waals surface area contributed by atoms with Crippen molar-refractivity contribution in [2.45, 2.75) is 59.0 Å². The van der Waals surface area contributed by atoms with Crippen molar-refractivity contribution >= 4 is 12.1 Å². The molecule has 2 aliphatic heterocycles. The molecule has 2 aliphatic rings. The van der Waals surface area contributed by atoms with Gasteiger partial charge in [0.25, 0.3) is 0 Å². The Morgan fingerprint density at radius 1 is 1.06 bits per heavy atom. The van der Waals surface area contributed by atoms with E-state index in [2.05, 4.69) is 53.6 Å². The predicted molar refractivity (Wildman–Crippen MR) is 130 cm³/mol. The minimum Gasteiger partial charge on any atom is -0.450 e. The number of carbonyl (C=O) groups is 1. The van der Waals surface area contributed by atoms with Crippen molar-refractivity contribution in [3.8, 4) is 0 Å². The minimum absolute atomic E-state index is 0.194. The van der Waals surface area contributed by atoms with Crippen LogP contribution in [-0.4, -0.2) is 73.8 Å². The van der Waals surface area contributed by atoms with Gasteiger partial charge in [-0.15, -0.1) is 0 Å². The van der Waals surface area contributed by atoms with E-state index in [9.17, 15) is 4.79 Å². The molecule has 0 bridgehead atoms.